The fourth-order valence-corrected chi connectivity index (χ4v) is 3.39. The molecule has 0 spiro atoms. The number of hydrogen-bond donors (Lipinski definition) is 1. The van der Waals surface area contributed by atoms with Crippen LogP contribution in [0.5, 0.6) is 0 Å². The highest BCUT2D eigenvalue weighted by atomic mass is 35.5. The molecule has 0 bridgehead atoms. The van der Waals surface area contributed by atoms with Gasteiger partial charge >= 0.3 is 0 Å². The van der Waals surface area contributed by atoms with Crippen LogP contribution in [-0.4, -0.2) is 43.5 Å². The van der Waals surface area contributed by atoms with Crippen molar-refractivity contribution in [2.45, 2.75) is 20.4 Å². The van der Waals surface area contributed by atoms with Gasteiger partial charge in [0.1, 0.15) is 0 Å². The van der Waals surface area contributed by atoms with Gasteiger partial charge in [0, 0.05) is 43.4 Å². The Morgan fingerprint density at radius 3 is 2.42 bits per heavy atom. The molecule has 1 fully saturated rings. The van der Waals surface area contributed by atoms with Crippen LogP contribution in [0.2, 0.25) is 5.02 Å². The lowest BCUT2D eigenvalue weighted by Crippen LogP contribution is -2.49. The molecular weight excluding hydrogens is 346 g/mol. The number of amides is 1. The second-order valence-electron chi connectivity index (χ2n) is 6.96. The minimum atomic E-state index is 0.0696. The summed E-state index contributed by atoms with van der Waals surface area (Å²) in [4.78, 5) is 16.9. The van der Waals surface area contributed by atoms with Crippen LogP contribution in [0.15, 0.2) is 42.5 Å². The number of hydrogen-bond acceptors (Lipinski definition) is 3. The first-order chi connectivity index (χ1) is 12.5. The molecule has 0 saturated carbocycles. The standard InChI is InChI=1S/C21H26ClN3O/c1-16-3-4-17(2)20(13-16)25-11-9-24(10-12-25)15-21(26)23-14-18-5-7-19(22)8-6-18/h3-8,13H,9-12,14-15H2,1-2H3,(H,23,26). The lowest BCUT2D eigenvalue weighted by molar-refractivity contribution is -0.122. The molecule has 5 heteroatoms. The highest BCUT2D eigenvalue weighted by molar-refractivity contribution is 6.30. The van der Waals surface area contributed by atoms with E-state index in [-0.39, 0.29) is 5.91 Å². The summed E-state index contributed by atoms with van der Waals surface area (Å²) in [6.45, 7) is 9.00. The van der Waals surface area contributed by atoms with Gasteiger partial charge in [0.2, 0.25) is 5.91 Å². The Bertz CT molecular complexity index is 752. The molecule has 1 aliphatic heterocycles. The van der Waals surface area contributed by atoms with E-state index in [0.717, 1.165) is 31.7 Å². The summed E-state index contributed by atoms with van der Waals surface area (Å²) >= 11 is 5.88. The molecule has 2 aromatic rings. The van der Waals surface area contributed by atoms with Gasteiger partial charge in [0.15, 0.2) is 0 Å². The summed E-state index contributed by atoms with van der Waals surface area (Å²) in [6.07, 6.45) is 0. The van der Waals surface area contributed by atoms with Crippen LogP contribution in [-0.2, 0) is 11.3 Å². The fraction of sp³-hybridized carbons (Fsp3) is 0.381. The van der Waals surface area contributed by atoms with Crippen molar-refractivity contribution in [3.63, 3.8) is 0 Å². The molecule has 3 rings (SSSR count). The van der Waals surface area contributed by atoms with E-state index in [0.29, 0.717) is 18.1 Å². The van der Waals surface area contributed by atoms with E-state index in [1.807, 2.05) is 24.3 Å². The molecule has 1 N–H and O–H groups in total. The minimum Gasteiger partial charge on any atom is -0.369 e. The average molecular weight is 372 g/mol. The van der Waals surface area contributed by atoms with E-state index >= 15 is 0 Å². The number of nitrogens with zero attached hydrogens (tertiary/aromatic N) is 2. The maximum absolute atomic E-state index is 12.2. The quantitative estimate of drug-likeness (QED) is 0.875. The molecule has 0 radical (unpaired) electrons. The van der Waals surface area contributed by atoms with Gasteiger partial charge in [0.05, 0.1) is 6.54 Å². The molecule has 1 saturated heterocycles. The first-order valence-corrected chi connectivity index (χ1v) is 9.45. The summed E-state index contributed by atoms with van der Waals surface area (Å²) < 4.78 is 0. The van der Waals surface area contributed by atoms with E-state index < -0.39 is 0 Å². The monoisotopic (exact) mass is 371 g/mol. The Kier molecular flexibility index (Phi) is 6.17. The van der Waals surface area contributed by atoms with Crippen LogP contribution in [0.1, 0.15) is 16.7 Å². The zero-order chi connectivity index (χ0) is 18.5. The fourth-order valence-electron chi connectivity index (χ4n) is 3.27. The van der Waals surface area contributed by atoms with Gasteiger partial charge < -0.3 is 10.2 Å². The molecule has 1 aliphatic rings. The number of anilines is 1. The number of aryl methyl sites for hydroxylation is 2. The number of nitrogens with one attached hydrogen (secondary N) is 1. The number of rotatable bonds is 5. The Balaban J connectivity index is 1.45. The third-order valence-electron chi connectivity index (χ3n) is 4.85. The van der Waals surface area contributed by atoms with Gasteiger partial charge in [-0.3, -0.25) is 9.69 Å². The third-order valence-corrected chi connectivity index (χ3v) is 5.10. The largest absolute Gasteiger partial charge is 0.369 e. The molecule has 0 atom stereocenters. The molecule has 26 heavy (non-hydrogen) atoms. The Hall–Kier alpha value is -2.04. The lowest BCUT2D eigenvalue weighted by Gasteiger charge is -2.36. The van der Waals surface area contributed by atoms with Crippen molar-refractivity contribution in [3.8, 4) is 0 Å². The van der Waals surface area contributed by atoms with Crippen molar-refractivity contribution < 1.29 is 4.79 Å². The summed E-state index contributed by atoms with van der Waals surface area (Å²) in [5.74, 6) is 0.0696. The van der Waals surface area contributed by atoms with Crippen LogP contribution in [0.4, 0.5) is 5.69 Å². The molecule has 1 heterocycles. The van der Waals surface area contributed by atoms with E-state index in [4.69, 9.17) is 11.6 Å². The Morgan fingerprint density at radius 2 is 1.73 bits per heavy atom. The van der Waals surface area contributed by atoms with Gasteiger partial charge in [-0.15, -0.1) is 0 Å². The Morgan fingerprint density at radius 1 is 1.04 bits per heavy atom. The van der Waals surface area contributed by atoms with Crippen molar-refractivity contribution in [1.29, 1.82) is 0 Å². The van der Waals surface area contributed by atoms with E-state index in [1.54, 1.807) is 0 Å². The van der Waals surface area contributed by atoms with Crippen molar-refractivity contribution in [3.05, 3.63) is 64.2 Å². The van der Waals surface area contributed by atoms with Gasteiger partial charge in [-0.2, -0.15) is 0 Å². The highest BCUT2D eigenvalue weighted by Gasteiger charge is 2.20. The maximum Gasteiger partial charge on any atom is 0.234 e. The van der Waals surface area contributed by atoms with Gasteiger partial charge in [-0.05, 0) is 48.7 Å². The number of benzene rings is 2. The summed E-state index contributed by atoms with van der Waals surface area (Å²) in [6, 6.07) is 14.1. The molecular formula is C21H26ClN3O. The smallest absolute Gasteiger partial charge is 0.234 e. The molecule has 0 aromatic heterocycles. The second kappa shape index (κ2) is 8.56. The third kappa shape index (κ3) is 4.99. The molecule has 1 amide bonds. The molecule has 0 unspecified atom stereocenters. The van der Waals surface area contributed by atoms with E-state index in [2.05, 4.69) is 47.2 Å². The second-order valence-corrected chi connectivity index (χ2v) is 7.39. The zero-order valence-electron chi connectivity index (χ0n) is 15.5. The first kappa shape index (κ1) is 18.7. The highest BCUT2D eigenvalue weighted by Crippen LogP contribution is 2.22. The number of carbonyl (C=O) groups excluding carboxylic acids is 1. The normalized spacial score (nSPS) is 15.1. The summed E-state index contributed by atoms with van der Waals surface area (Å²) in [5.41, 5.74) is 4.97. The van der Waals surface area contributed by atoms with Crippen LogP contribution >= 0.6 is 11.6 Å². The predicted molar refractivity (Wildman–Crippen MR) is 108 cm³/mol. The van der Waals surface area contributed by atoms with E-state index in [1.165, 1.54) is 16.8 Å². The number of carbonyl (C=O) groups is 1. The van der Waals surface area contributed by atoms with Gasteiger partial charge in [0.25, 0.3) is 0 Å². The topological polar surface area (TPSA) is 35.6 Å². The molecule has 2 aromatic carbocycles. The lowest BCUT2D eigenvalue weighted by atomic mass is 10.1. The SMILES string of the molecule is Cc1ccc(C)c(N2CCN(CC(=O)NCc3ccc(Cl)cc3)CC2)c1. The van der Waals surface area contributed by atoms with Gasteiger partial charge in [-0.25, -0.2) is 0 Å². The van der Waals surface area contributed by atoms with Crippen molar-refractivity contribution in [2.75, 3.05) is 37.6 Å². The number of piperazine rings is 1. The van der Waals surface area contributed by atoms with Crippen molar-refractivity contribution in [1.82, 2.24) is 10.2 Å². The van der Waals surface area contributed by atoms with Crippen LogP contribution in [0.25, 0.3) is 0 Å². The van der Waals surface area contributed by atoms with Crippen molar-refractivity contribution >= 4 is 23.2 Å². The average Bonchev–Trinajstić information content (AvgIpc) is 2.64. The molecule has 138 valence electrons. The van der Waals surface area contributed by atoms with E-state index in [9.17, 15) is 4.79 Å². The van der Waals surface area contributed by atoms with Crippen molar-refractivity contribution in [2.24, 2.45) is 0 Å². The summed E-state index contributed by atoms with van der Waals surface area (Å²) in [5, 5.41) is 3.70. The zero-order valence-corrected chi connectivity index (χ0v) is 16.2. The molecule has 4 nitrogen and oxygen atoms in total. The van der Waals surface area contributed by atoms with Crippen LogP contribution in [0, 0.1) is 13.8 Å². The molecule has 0 aliphatic carbocycles. The van der Waals surface area contributed by atoms with Crippen LogP contribution < -0.4 is 10.2 Å². The predicted octanol–water partition coefficient (Wildman–Crippen LogP) is 3.40. The summed E-state index contributed by atoms with van der Waals surface area (Å²) in [7, 11) is 0. The number of halogens is 1. The Labute approximate surface area is 160 Å². The first-order valence-electron chi connectivity index (χ1n) is 9.07. The van der Waals surface area contributed by atoms with Gasteiger partial charge in [-0.1, -0.05) is 35.9 Å². The minimum absolute atomic E-state index is 0.0696. The maximum atomic E-state index is 12.2. The van der Waals surface area contributed by atoms with Crippen LogP contribution in [0.3, 0.4) is 0 Å².